The zero-order valence-corrected chi connectivity index (χ0v) is 11.5. The number of para-hydroxylation sites is 2. The van der Waals surface area contributed by atoms with Crippen molar-refractivity contribution in [2.24, 2.45) is 5.73 Å². The third-order valence-electron chi connectivity index (χ3n) is 4.02. The second-order valence-electron chi connectivity index (χ2n) is 5.66. The van der Waals surface area contributed by atoms with Crippen molar-refractivity contribution in [2.75, 3.05) is 13.2 Å². The van der Waals surface area contributed by atoms with Crippen LogP contribution in [0, 0.1) is 0 Å². The molecule has 2 heterocycles. The lowest BCUT2D eigenvalue weighted by molar-refractivity contribution is -0.140. The molecule has 1 fully saturated rings. The lowest BCUT2D eigenvalue weighted by Crippen LogP contribution is -2.44. The number of nitrogens with zero attached hydrogens (tertiary/aromatic N) is 2. The van der Waals surface area contributed by atoms with E-state index in [1.165, 1.54) is 4.57 Å². The molecule has 0 amide bonds. The Hall–Kier alpha value is -1.60. The van der Waals surface area contributed by atoms with Crippen LogP contribution in [0.2, 0.25) is 0 Å². The Morgan fingerprint density at radius 1 is 1.43 bits per heavy atom. The highest BCUT2D eigenvalue weighted by atomic mass is 19.4. The molecule has 1 aliphatic rings. The van der Waals surface area contributed by atoms with Crippen LogP contribution < -0.4 is 5.73 Å². The van der Waals surface area contributed by atoms with E-state index >= 15 is 0 Å². The maximum Gasteiger partial charge on any atom is 0.406 e. The van der Waals surface area contributed by atoms with E-state index in [0.29, 0.717) is 23.5 Å². The highest BCUT2D eigenvalue weighted by Crippen LogP contribution is 2.35. The summed E-state index contributed by atoms with van der Waals surface area (Å²) in [5.41, 5.74) is 6.32. The number of imidazole rings is 1. The van der Waals surface area contributed by atoms with Gasteiger partial charge in [0.25, 0.3) is 0 Å². The summed E-state index contributed by atoms with van der Waals surface area (Å²) in [6, 6.07) is 6.43. The fourth-order valence-corrected chi connectivity index (χ4v) is 2.77. The summed E-state index contributed by atoms with van der Waals surface area (Å²) >= 11 is 0. The molecule has 2 unspecified atom stereocenters. The highest BCUT2D eigenvalue weighted by Gasteiger charge is 2.44. The topological polar surface area (TPSA) is 53.1 Å². The summed E-state index contributed by atoms with van der Waals surface area (Å²) in [4.78, 5) is 4.40. The molecule has 0 aliphatic carbocycles. The molecule has 1 aliphatic heterocycles. The number of hydrogen-bond donors (Lipinski definition) is 1. The molecule has 0 spiro atoms. The zero-order valence-electron chi connectivity index (χ0n) is 11.5. The molecule has 4 nitrogen and oxygen atoms in total. The standard InChI is InChI=1S/C14H16F3N3O/c1-13(8-21-6-11(13)18)12-19-9-4-2-3-5-10(9)20(12)7-14(15,16)17/h2-5,11H,6-8,18H2,1H3. The van der Waals surface area contributed by atoms with Gasteiger partial charge < -0.3 is 15.0 Å². The lowest BCUT2D eigenvalue weighted by atomic mass is 9.85. The van der Waals surface area contributed by atoms with Crippen molar-refractivity contribution in [2.45, 2.75) is 31.1 Å². The molecule has 21 heavy (non-hydrogen) atoms. The number of benzene rings is 1. The van der Waals surface area contributed by atoms with E-state index in [1.54, 1.807) is 31.2 Å². The third-order valence-corrected chi connectivity index (χ3v) is 4.02. The van der Waals surface area contributed by atoms with E-state index in [0.717, 1.165) is 0 Å². The van der Waals surface area contributed by atoms with E-state index in [4.69, 9.17) is 10.5 Å². The summed E-state index contributed by atoms with van der Waals surface area (Å²) < 4.78 is 45.3. The van der Waals surface area contributed by atoms with Gasteiger partial charge in [0.05, 0.1) is 29.7 Å². The van der Waals surface area contributed by atoms with E-state index in [-0.39, 0.29) is 12.6 Å². The van der Waals surface area contributed by atoms with Crippen molar-refractivity contribution < 1.29 is 17.9 Å². The quantitative estimate of drug-likeness (QED) is 0.925. The molecular weight excluding hydrogens is 283 g/mol. The molecule has 114 valence electrons. The van der Waals surface area contributed by atoms with Crippen molar-refractivity contribution in [1.82, 2.24) is 9.55 Å². The van der Waals surface area contributed by atoms with E-state index < -0.39 is 18.1 Å². The molecule has 1 aromatic carbocycles. The van der Waals surface area contributed by atoms with Crippen molar-refractivity contribution in [3.05, 3.63) is 30.1 Å². The van der Waals surface area contributed by atoms with Crippen LogP contribution in [0.5, 0.6) is 0 Å². The first-order valence-electron chi connectivity index (χ1n) is 6.67. The second-order valence-corrected chi connectivity index (χ2v) is 5.66. The van der Waals surface area contributed by atoms with Crippen LogP contribution in [0.25, 0.3) is 11.0 Å². The van der Waals surface area contributed by atoms with Crippen molar-refractivity contribution in [3.63, 3.8) is 0 Å². The van der Waals surface area contributed by atoms with Crippen LogP contribution >= 0.6 is 0 Å². The first-order chi connectivity index (χ1) is 9.81. The Morgan fingerprint density at radius 2 is 2.14 bits per heavy atom. The monoisotopic (exact) mass is 299 g/mol. The van der Waals surface area contributed by atoms with Crippen LogP contribution in [-0.4, -0.2) is 35.0 Å². The van der Waals surface area contributed by atoms with Crippen LogP contribution in [-0.2, 0) is 16.7 Å². The smallest absolute Gasteiger partial charge is 0.379 e. The zero-order chi connectivity index (χ0) is 15.3. The van der Waals surface area contributed by atoms with Gasteiger partial charge >= 0.3 is 6.18 Å². The largest absolute Gasteiger partial charge is 0.406 e. The first kappa shape index (κ1) is 14.3. The molecular formula is C14H16F3N3O. The van der Waals surface area contributed by atoms with Gasteiger partial charge in [-0.3, -0.25) is 0 Å². The number of hydrogen-bond acceptors (Lipinski definition) is 3. The molecule has 0 bridgehead atoms. The van der Waals surface area contributed by atoms with Crippen LogP contribution in [0.1, 0.15) is 12.7 Å². The molecule has 0 saturated carbocycles. The third kappa shape index (κ3) is 2.40. The van der Waals surface area contributed by atoms with Gasteiger partial charge in [0, 0.05) is 6.04 Å². The number of rotatable bonds is 2. The average Bonchev–Trinajstić information content (AvgIpc) is 2.92. The van der Waals surface area contributed by atoms with Gasteiger partial charge in [-0.05, 0) is 19.1 Å². The number of ether oxygens (including phenoxy) is 1. The summed E-state index contributed by atoms with van der Waals surface area (Å²) in [6.45, 7) is 1.32. The predicted molar refractivity (Wildman–Crippen MR) is 71.9 cm³/mol. The minimum atomic E-state index is -4.32. The second kappa shape index (κ2) is 4.71. The summed E-state index contributed by atoms with van der Waals surface area (Å²) in [5.74, 6) is 0.339. The van der Waals surface area contributed by atoms with Crippen LogP contribution in [0.4, 0.5) is 13.2 Å². The molecule has 0 radical (unpaired) electrons. The Morgan fingerprint density at radius 3 is 2.76 bits per heavy atom. The molecule has 3 rings (SSSR count). The van der Waals surface area contributed by atoms with Crippen molar-refractivity contribution in [3.8, 4) is 0 Å². The number of alkyl halides is 3. The minimum Gasteiger partial charge on any atom is -0.379 e. The van der Waals surface area contributed by atoms with Gasteiger partial charge in [0.15, 0.2) is 0 Å². The van der Waals surface area contributed by atoms with E-state index in [9.17, 15) is 13.2 Å². The Balaban J connectivity index is 2.19. The van der Waals surface area contributed by atoms with E-state index in [1.807, 2.05) is 0 Å². The fourth-order valence-electron chi connectivity index (χ4n) is 2.77. The molecule has 7 heteroatoms. The van der Waals surface area contributed by atoms with Crippen LogP contribution in [0.3, 0.4) is 0 Å². The Bertz CT molecular complexity index is 667. The Labute approximate surface area is 119 Å². The normalized spacial score (nSPS) is 26.6. The lowest BCUT2D eigenvalue weighted by Gasteiger charge is -2.27. The summed E-state index contributed by atoms with van der Waals surface area (Å²) in [5, 5.41) is 0. The SMILES string of the molecule is CC1(c2nc3ccccc3n2CC(F)(F)F)COCC1N. The maximum atomic E-state index is 12.9. The highest BCUT2D eigenvalue weighted by molar-refractivity contribution is 5.76. The predicted octanol–water partition coefficient (Wildman–Crippen LogP) is 2.21. The van der Waals surface area contributed by atoms with Crippen molar-refractivity contribution >= 4 is 11.0 Å². The van der Waals surface area contributed by atoms with Gasteiger partial charge in [-0.15, -0.1) is 0 Å². The molecule has 1 aromatic heterocycles. The number of aromatic nitrogens is 2. The number of halogens is 3. The number of fused-ring (bicyclic) bond motifs is 1. The van der Waals surface area contributed by atoms with Crippen LogP contribution in [0.15, 0.2) is 24.3 Å². The Kier molecular flexibility index (Phi) is 3.22. The first-order valence-corrected chi connectivity index (χ1v) is 6.67. The summed E-state index contributed by atoms with van der Waals surface area (Å²) in [6.07, 6.45) is -4.32. The minimum absolute atomic E-state index is 0.273. The summed E-state index contributed by atoms with van der Waals surface area (Å²) in [7, 11) is 0. The van der Waals surface area contributed by atoms with Gasteiger partial charge in [0.2, 0.25) is 0 Å². The fraction of sp³-hybridized carbons (Fsp3) is 0.500. The van der Waals surface area contributed by atoms with Crippen molar-refractivity contribution in [1.29, 1.82) is 0 Å². The van der Waals surface area contributed by atoms with Gasteiger partial charge in [-0.2, -0.15) is 13.2 Å². The average molecular weight is 299 g/mol. The van der Waals surface area contributed by atoms with Gasteiger partial charge in [-0.1, -0.05) is 12.1 Å². The van der Waals surface area contributed by atoms with Gasteiger partial charge in [-0.25, -0.2) is 4.98 Å². The number of nitrogens with two attached hydrogens (primary N) is 1. The van der Waals surface area contributed by atoms with E-state index in [2.05, 4.69) is 4.98 Å². The molecule has 2 atom stereocenters. The maximum absolute atomic E-state index is 12.9. The molecule has 1 saturated heterocycles. The van der Waals surface area contributed by atoms with Gasteiger partial charge in [0.1, 0.15) is 12.4 Å². The molecule has 2 aromatic rings. The molecule has 2 N–H and O–H groups in total.